The summed E-state index contributed by atoms with van der Waals surface area (Å²) in [6.07, 6.45) is 0.351. The van der Waals surface area contributed by atoms with E-state index in [0.29, 0.717) is 22.2 Å². The number of nitrogens with one attached hydrogen (secondary N) is 2. The first-order valence-electron chi connectivity index (χ1n) is 8.19. The van der Waals surface area contributed by atoms with E-state index in [4.69, 9.17) is 62.5 Å². The van der Waals surface area contributed by atoms with Crippen LogP contribution < -0.4 is 10.6 Å². The predicted molar refractivity (Wildman–Crippen MR) is 115 cm³/mol. The van der Waals surface area contributed by atoms with Crippen LogP contribution in [-0.4, -0.2) is 16.2 Å². The maximum Gasteiger partial charge on any atom is 0.319 e. The van der Waals surface area contributed by atoms with Crippen LogP contribution in [0.4, 0.5) is 10.5 Å². The Balaban J connectivity index is 1.79. The van der Waals surface area contributed by atoms with Crippen LogP contribution in [0.5, 0.6) is 0 Å². The van der Waals surface area contributed by atoms with Gasteiger partial charge in [-0.25, -0.2) is 4.79 Å². The number of hydrogen-bond donors (Lipinski definition) is 2. The van der Waals surface area contributed by atoms with Crippen molar-refractivity contribution < 1.29 is 9.32 Å². The zero-order valence-corrected chi connectivity index (χ0v) is 18.3. The van der Waals surface area contributed by atoms with Crippen molar-refractivity contribution in [2.24, 2.45) is 0 Å². The third-order valence-electron chi connectivity index (χ3n) is 3.76. The molecule has 11 heteroatoms. The van der Waals surface area contributed by atoms with Crippen LogP contribution in [0.3, 0.4) is 0 Å². The number of anilines is 1. The number of rotatable bonds is 5. The van der Waals surface area contributed by atoms with Crippen LogP contribution in [-0.2, 0) is 10.2 Å². The van der Waals surface area contributed by atoms with Gasteiger partial charge in [0.2, 0.25) is 0 Å². The van der Waals surface area contributed by atoms with Gasteiger partial charge in [0.15, 0.2) is 5.82 Å². The number of nitrogens with zero attached hydrogens (tertiary/aromatic N) is 2. The van der Waals surface area contributed by atoms with Gasteiger partial charge in [-0.05, 0) is 42.0 Å². The molecule has 29 heavy (non-hydrogen) atoms. The Bertz CT molecular complexity index is 971. The van der Waals surface area contributed by atoms with Gasteiger partial charge in [0, 0.05) is 22.2 Å². The first-order valence-corrected chi connectivity index (χ1v) is 10.1. The second kappa shape index (κ2) is 9.41. The van der Waals surface area contributed by atoms with E-state index >= 15 is 0 Å². The zero-order valence-electron chi connectivity index (χ0n) is 14.5. The van der Waals surface area contributed by atoms with Gasteiger partial charge in [-0.1, -0.05) is 75.3 Å². The van der Waals surface area contributed by atoms with Crippen LogP contribution >= 0.6 is 58.0 Å². The Kier molecular flexibility index (Phi) is 7.14. The highest BCUT2D eigenvalue weighted by atomic mass is 35.6. The fourth-order valence-corrected chi connectivity index (χ4v) is 2.90. The Morgan fingerprint density at radius 2 is 1.59 bits per heavy atom. The fourth-order valence-electron chi connectivity index (χ4n) is 2.41. The van der Waals surface area contributed by atoms with Gasteiger partial charge in [0.1, 0.15) is 0 Å². The van der Waals surface area contributed by atoms with Crippen molar-refractivity contribution in [3.8, 4) is 0 Å². The third kappa shape index (κ3) is 6.39. The van der Waals surface area contributed by atoms with E-state index in [0.717, 1.165) is 5.56 Å². The monoisotopic (exact) mass is 492 g/mol. The molecular weight excluding hydrogens is 481 g/mol. The van der Waals surface area contributed by atoms with Crippen LogP contribution in [0.2, 0.25) is 10.0 Å². The van der Waals surface area contributed by atoms with E-state index in [-0.39, 0.29) is 11.7 Å². The zero-order chi connectivity index (χ0) is 21.0. The van der Waals surface area contributed by atoms with Crippen LogP contribution in [0.15, 0.2) is 53.1 Å². The highest BCUT2D eigenvalue weighted by molar-refractivity contribution is 6.66. The second-order valence-electron chi connectivity index (χ2n) is 5.94. The van der Waals surface area contributed by atoms with Gasteiger partial charge in [-0.15, -0.1) is 0 Å². The number of carbonyl (C=O) groups excluding carboxylic acids is 1. The van der Waals surface area contributed by atoms with E-state index in [1.54, 1.807) is 36.4 Å². The lowest BCUT2D eigenvalue weighted by atomic mass is 10.1. The molecule has 2 N–H and O–H groups in total. The highest BCUT2D eigenvalue weighted by Crippen LogP contribution is 2.37. The molecule has 0 saturated heterocycles. The Labute approximate surface area is 191 Å². The summed E-state index contributed by atoms with van der Waals surface area (Å²) in [7, 11) is 0. The predicted octanol–water partition coefficient (Wildman–Crippen LogP) is 6.31. The van der Waals surface area contributed by atoms with E-state index in [1.807, 2.05) is 12.1 Å². The number of aromatic nitrogens is 2. The molecule has 3 rings (SSSR count). The van der Waals surface area contributed by atoms with E-state index < -0.39 is 15.9 Å². The van der Waals surface area contributed by atoms with Crippen molar-refractivity contribution in [2.75, 3.05) is 5.32 Å². The molecule has 0 radical (unpaired) electrons. The number of hydrogen-bond acceptors (Lipinski definition) is 4. The molecule has 0 spiro atoms. The van der Waals surface area contributed by atoms with E-state index in [1.165, 1.54) is 0 Å². The number of urea groups is 1. The average Bonchev–Trinajstić information content (AvgIpc) is 3.15. The van der Waals surface area contributed by atoms with Crippen molar-refractivity contribution >= 4 is 69.7 Å². The van der Waals surface area contributed by atoms with Gasteiger partial charge in [-0.3, -0.25) is 0 Å². The quantitative estimate of drug-likeness (QED) is 0.408. The summed E-state index contributed by atoms with van der Waals surface area (Å²) >= 11 is 29.2. The van der Waals surface area contributed by atoms with Crippen molar-refractivity contribution in [1.82, 2.24) is 15.5 Å². The molecule has 1 atom stereocenters. The van der Waals surface area contributed by atoms with Crippen molar-refractivity contribution in [1.29, 1.82) is 0 Å². The van der Waals surface area contributed by atoms with Crippen molar-refractivity contribution in [2.45, 2.75) is 16.3 Å². The molecule has 3 aromatic rings. The first kappa shape index (κ1) is 22.0. The molecule has 0 aliphatic heterocycles. The third-order valence-corrected chi connectivity index (χ3v) is 4.75. The normalized spacial score (nSPS) is 12.4. The lowest BCUT2D eigenvalue weighted by Gasteiger charge is -2.16. The minimum absolute atomic E-state index is 0.160. The van der Waals surface area contributed by atoms with Gasteiger partial charge in [0.05, 0.1) is 6.04 Å². The Morgan fingerprint density at radius 1 is 1.00 bits per heavy atom. The molecule has 0 saturated carbocycles. The topological polar surface area (TPSA) is 80.0 Å². The van der Waals surface area contributed by atoms with Gasteiger partial charge >= 0.3 is 6.03 Å². The first-order chi connectivity index (χ1) is 13.7. The number of benzene rings is 2. The van der Waals surface area contributed by atoms with Gasteiger partial charge in [0.25, 0.3) is 9.68 Å². The Hall–Kier alpha value is -1.70. The molecule has 152 valence electrons. The molecule has 2 amide bonds. The minimum Gasteiger partial charge on any atom is -0.334 e. The standard InChI is InChI=1S/C18H13Cl5N4O2/c19-11-3-1-10(2-4-11)9-14(15-26-16(29-27-15)18(21,22)23)25-17(28)24-13-7-5-12(20)6-8-13/h1-8,14H,9H2,(H2,24,25,28). The summed E-state index contributed by atoms with van der Waals surface area (Å²) in [5.41, 5.74) is 1.44. The summed E-state index contributed by atoms with van der Waals surface area (Å²) in [4.78, 5) is 16.6. The van der Waals surface area contributed by atoms with Crippen molar-refractivity contribution in [3.63, 3.8) is 0 Å². The lowest BCUT2D eigenvalue weighted by Crippen LogP contribution is -2.34. The molecule has 1 unspecified atom stereocenters. The molecule has 0 aliphatic rings. The lowest BCUT2D eigenvalue weighted by molar-refractivity contribution is 0.247. The molecule has 6 nitrogen and oxygen atoms in total. The van der Waals surface area contributed by atoms with Gasteiger partial charge < -0.3 is 15.2 Å². The van der Waals surface area contributed by atoms with Crippen LogP contribution in [0, 0.1) is 0 Å². The average molecular weight is 495 g/mol. The van der Waals surface area contributed by atoms with E-state index in [9.17, 15) is 4.79 Å². The largest absolute Gasteiger partial charge is 0.334 e. The molecule has 2 aromatic carbocycles. The fraction of sp³-hybridized carbons (Fsp3) is 0.167. The van der Waals surface area contributed by atoms with E-state index in [2.05, 4.69) is 20.8 Å². The number of alkyl halides is 3. The maximum absolute atomic E-state index is 12.5. The maximum atomic E-state index is 12.5. The summed E-state index contributed by atoms with van der Waals surface area (Å²) < 4.78 is 3.14. The SMILES string of the molecule is O=C(Nc1ccc(Cl)cc1)NC(Cc1ccc(Cl)cc1)c1noc(C(Cl)(Cl)Cl)n1. The highest BCUT2D eigenvalue weighted by Gasteiger charge is 2.32. The van der Waals surface area contributed by atoms with Crippen LogP contribution in [0.25, 0.3) is 0 Å². The molecule has 0 aliphatic carbocycles. The summed E-state index contributed by atoms with van der Waals surface area (Å²) in [6, 6.07) is 12.7. The number of amides is 2. The molecule has 1 heterocycles. The number of halogens is 5. The molecule has 1 aromatic heterocycles. The summed E-state index contributed by atoms with van der Waals surface area (Å²) in [6.45, 7) is 0. The smallest absolute Gasteiger partial charge is 0.319 e. The minimum atomic E-state index is -1.87. The number of carbonyl (C=O) groups is 1. The molecular formula is C18H13Cl5N4O2. The molecule has 0 bridgehead atoms. The summed E-state index contributed by atoms with van der Waals surface area (Å²) in [5, 5.41) is 10.5. The van der Waals surface area contributed by atoms with Crippen molar-refractivity contribution in [3.05, 3.63) is 75.9 Å². The molecule has 0 fully saturated rings. The van der Waals surface area contributed by atoms with Gasteiger partial charge in [-0.2, -0.15) is 4.98 Å². The Morgan fingerprint density at radius 3 is 2.14 bits per heavy atom. The van der Waals surface area contributed by atoms with Crippen LogP contribution in [0.1, 0.15) is 23.3 Å². The second-order valence-corrected chi connectivity index (χ2v) is 9.10. The summed E-state index contributed by atoms with van der Waals surface area (Å²) in [5.74, 6) is -0.0361.